The lowest BCUT2D eigenvalue weighted by Crippen LogP contribution is -2.41. The van der Waals surface area contributed by atoms with E-state index in [1.54, 1.807) is 0 Å². The smallest absolute Gasteiger partial charge is 0.414 e. The third-order valence-electron chi connectivity index (χ3n) is 5.86. The molecular weight excluding hydrogens is 370 g/mol. The average molecular weight is 398 g/mol. The molecule has 2 amide bonds. The number of hydrogen-bond donors (Lipinski definition) is 2. The molecule has 1 aromatic rings. The molecule has 1 aliphatic carbocycles. The number of carbonyl (C=O) groups excluding carboxylic acids is 1. The fraction of sp³-hybridized carbons (Fsp3) is 0.455. The van der Waals surface area contributed by atoms with E-state index < -0.39 is 36.9 Å². The summed E-state index contributed by atoms with van der Waals surface area (Å²) in [5.74, 6) is 2.67. The fourth-order valence-corrected chi connectivity index (χ4v) is 5.07. The molecule has 0 saturated carbocycles. The number of likely N-dealkylation sites (tertiary alicyclic amines) is 1. The second-order valence-corrected chi connectivity index (χ2v) is 14.4. The Bertz CT molecular complexity index is 955. The molecule has 6 heteroatoms. The molecule has 1 fully saturated rings. The highest BCUT2D eigenvalue weighted by Gasteiger charge is 2.66. The van der Waals surface area contributed by atoms with Crippen LogP contribution in [0.3, 0.4) is 0 Å². The average Bonchev–Trinajstić information content (AvgIpc) is 3.01. The summed E-state index contributed by atoms with van der Waals surface area (Å²) >= 11 is 0. The fourth-order valence-electron chi connectivity index (χ4n) is 4.56. The van der Waals surface area contributed by atoms with Crippen molar-refractivity contribution < 1.29 is 19.8 Å². The molecule has 0 radical (unpaired) electrons. The van der Waals surface area contributed by atoms with Gasteiger partial charge in [0.25, 0.3) is 5.91 Å². The van der Waals surface area contributed by atoms with Crippen LogP contribution in [0.15, 0.2) is 30.0 Å². The number of carboxylic acid groups (broad SMARTS) is 1. The van der Waals surface area contributed by atoms with Crippen molar-refractivity contribution in [2.75, 3.05) is 0 Å². The van der Waals surface area contributed by atoms with Gasteiger partial charge in [-0.3, -0.25) is 4.79 Å². The molecule has 1 saturated heterocycles. The third kappa shape index (κ3) is 2.77. The van der Waals surface area contributed by atoms with Crippen LogP contribution < -0.4 is 0 Å². The Hall–Kier alpha value is -2.52. The van der Waals surface area contributed by atoms with Gasteiger partial charge in [-0.15, -0.1) is 5.54 Å². The van der Waals surface area contributed by atoms with E-state index in [-0.39, 0.29) is 5.57 Å². The maximum atomic E-state index is 12.9. The predicted octanol–water partition coefficient (Wildman–Crippen LogP) is 4.51. The number of benzene rings is 1. The van der Waals surface area contributed by atoms with E-state index in [4.69, 9.17) is 0 Å². The Morgan fingerprint density at radius 1 is 1.32 bits per heavy atom. The Labute approximate surface area is 167 Å². The zero-order valence-corrected chi connectivity index (χ0v) is 18.3. The van der Waals surface area contributed by atoms with Gasteiger partial charge in [0.1, 0.15) is 8.07 Å². The molecule has 3 rings (SSSR count). The summed E-state index contributed by atoms with van der Waals surface area (Å²) in [4.78, 5) is 25.8. The van der Waals surface area contributed by atoms with Gasteiger partial charge in [-0.2, -0.15) is 0 Å². The molecule has 1 aromatic carbocycles. The predicted molar refractivity (Wildman–Crippen MR) is 111 cm³/mol. The first kappa shape index (κ1) is 20.2. The van der Waals surface area contributed by atoms with Crippen molar-refractivity contribution in [1.82, 2.24) is 4.90 Å². The molecule has 2 aliphatic rings. The van der Waals surface area contributed by atoms with Crippen molar-refractivity contribution in [2.45, 2.75) is 52.9 Å². The SMILES string of the molecule is CC(C)(C)C12Cc3c(C#C[Si](C)(C)C)cccc3C1N(C(=O)O)C(=O)C2=CO. The highest BCUT2D eigenvalue weighted by Crippen LogP contribution is 2.66. The van der Waals surface area contributed by atoms with Crippen molar-refractivity contribution in [3.05, 3.63) is 46.7 Å². The van der Waals surface area contributed by atoms with Crippen molar-refractivity contribution >= 4 is 20.1 Å². The molecule has 0 spiro atoms. The minimum atomic E-state index is -1.59. The van der Waals surface area contributed by atoms with Gasteiger partial charge >= 0.3 is 6.09 Å². The normalized spacial score (nSPS) is 25.4. The second kappa shape index (κ2) is 6.25. The number of amides is 2. The highest BCUT2D eigenvalue weighted by molar-refractivity contribution is 6.83. The van der Waals surface area contributed by atoms with Crippen LogP contribution >= 0.6 is 0 Å². The standard InChI is InChI=1S/C22H27NO4Si/c1-21(2,3)22-12-16-14(10-11-28(4,5)6)8-7-9-15(16)18(22)23(20(26)27)19(25)17(22)13-24/h7-9,13,18,24H,12H2,1-6H3,(H,26,27). The number of imide groups is 1. The van der Waals surface area contributed by atoms with Crippen molar-refractivity contribution in [3.63, 3.8) is 0 Å². The number of aliphatic hydroxyl groups excluding tert-OH is 1. The summed E-state index contributed by atoms with van der Waals surface area (Å²) in [6, 6.07) is 5.05. The molecule has 5 nitrogen and oxygen atoms in total. The van der Waals surface area contributed by atoms with E-state index in [0.717, 1.165) is 27.9 Å². The second-order valence-electron chi connectivity index (χ2n) is 9.67. The molecule has 0 aromatic heterocycles. The zero-order chi connectivity index (χ0) is 21.1. The van der Waals surface area contributed by atoms with E-state index in [2.05, 4.69) is 31.1 Å². The Balaban J connectivity index is 2.31. The lowest BCUT2D eigenvalue weighted by atomic mass is 9.60. The molecule has 2 atom stereocenters. The Kier molecular flexibility index (Phi) is 4.51. The summed E-state index contributed by atoms with van der Waals surface area (Å²) in [6.07, 6.45) is -0.0236. The Morgan fingerprint density at radius 2 is 1.96 bits per heavy atom. The van der Waals surface area contributed by atoms with Crippen molar-refractivity contribution in [1.29, 1.82) is 0 Å². The summed E-state index contributed by atoms with van der Waals surface area (Å²) in [6.45, 7) is 12.5. The zero-order valence-electron chi connectivity index (χ0n) is 17.3. The van der Waals surface area contributed by atoms with Crippen LogP contribution in [0.25, 0.3) is 0 Å². The van der Waals surface area contributed by atoms with Gasteiger partial charge < -0.3 is 10.2 Å². The number of rotatable bonds is 0. The van der Waals surface area contributed by atoms with E-state index in [1.165, 1.54) is 0 Å². The van der Waals surface area contributed by atoms with E-state index in [1.807, 2.05) is 39.0 Å². The third-order valence-corrected chi connectivity index (χ3v) is 6.74. The molecule has 1 aliphatic heterocycles. The van der Waals surface area contributed by atoms with Crippen LogP contribution in [-0.4, -0.2) is 35.2 Å². The number of hydrogen-bond acceptors (Lipinski definition) is 3. The van der Waals surface area contributed by atoms with Gasteiger partial charge in [-0.1, -0.05) is 58.5 Å². The molecule has 2 N–H and O–H groups in total. The van der Waals surface area contributed by atoms with Crippen LogP contribution in [0.4, 0.5) is 4.79 Å². The van der Waals surface area contributed by atoms with Gasteiger partial charge in [0, 0.05) is 11.0 Å². The minimum absolute atomic E-state index is 0.160. The molecule has 1 heterocycles. The van der Waals surface area contributed by atoms with Gasteiger partial charge in [0.15, 0.2) is 0 Å². The van der Waals surface area contributed by atoms with Gasteiger partial charge in [0.2, 0.25) is 0 Å². The van der Waals surface area contributed by atoms with Crippen molar-refractivity contribution in [2.24, 2.45) is 10.8 Å². The van der Waals surface area contributed by atoms with Crippen LogP contribution in [0.5, 0.6) is 0 Å². The monoisotopic (exact) mass is 397 g/mol. The lowest BCUT2D eigenvalue weighted by molar-refractivity contribution is -0.124. The molecular formula is C22H27NO4Si. The van der Waals surface area contributed by atoms with Crippen LogP contribution in [0, 0.1) is 22.3 Å². The number of fused-ring (bicyclic) bond motifs is 3. The first-order valence-electron chi connectivity index (χ1n) is 9.41. The van der Waals surface area contributed by atoms with Gasteiger partial charge in [-0.25, -0.2) is 9.69 Å². The lowest BCUT2D eigenvalue weighted by Gasteiger charge is -2.42. The maximum absolute atomic E-state index is 12.9. The van der Waals surface area contributed by atoms with Crippen LogP contribution in [0.2, 0.25) is 19.6 Å². The largest absolute Gasteiger partial charge is 0.515 e. The number of carbonyl (C=O) groups is 2. The first-order valence-corrected chi connectivity index (χ1v) is 12.9. The number of aliphatic hydroxyl groups is 1. The maximum Gasteiger partial charge on any atom is 0.414 e. The minimum Gasteiger partial charge on any atom is -0.515 e. The Morgan fingerprint density at radius 3 is 2.46 bits per heavy atom. The molecule has 148 valence electrons. The number of nitrogens with zero attached hydrogens (tertiary/aromatic N) is 1. The summed E-state index contributed by atoms with van der Waals surface area (Å²) < 4.78 is 0. The molecule has 28 heavy (non-hydrogen) atoms. The highest BCUT2D eigenvalue weighted by atomic mass is 28.3. The topological polar surface area (TPSA) is 77.8 Å². The van der Waals surface area contributed by atoms with Crippen LogP contribution in [-0.2, 0) is 11.2 Å². The summed E-state index contributed by atoms with van der Waals surface area (Å²) in [5, 5.41) is 19.7. The summed E-state index contributed by atoms with van der Waals surface area (Å²) in [7, 11) is -1.59. The summed E-state index contributed by atoms with van der Waals surface area (Å²) in [5.41, 5.74) is 4.91. The van der Waals surface area contributed by atoms with E-state index in [0.29, 0.717) is 6.42 Å². The van der Waals surface area contributed by atoms with Gasteiger partial charge in [-0.05, 0) is 29.0 Å². The van der Waals surface area contributed by atoms with Gasteiger partial charge in [0.05, 0.1) is 17.9 Å². The quantitative estimate of drug-likeness (QED) is 0.292. The van der Waals surface area contributed by atoms with Crippen molar-refractivity contribution in [3.8, 4) is 11.5 Å². The molecule has 0 bridgehead atoms. The first-order chi connectivity index (χ1) is 12.8. The van der Waals surface area contributed by atoms with E-state index >= 15 is 0 Å². The van der Waals surface area contributed by atoms with Crippen LogP contribution in [0.1, 0.15) is 43.5 Å². The van der Waals surface area contributed by atoms with E-state index in [9.17, 15) is 19.8 Å². The molecule has 2 unspecified atom stereocenters.